The van der Waals surface area contributed by atoms with E-state index in [9.17, 15) is 13.2 Å². The van der Waals surface area contributed by atoms with E-state index in [1.165, 1.54) is 6.07 Å². The molecule has 0 saturated heterocycles. The van der Waals surface area contributed by atoms with Crippen molar-refractivity contribution in [1.82, 2.24) is 9.97 Å². The Bertz CT molecular complexity index is 1610. The van der Waals surface area contributed by atoms with Gasteiger partial charge in [-0.3, -0.25) is 9.52 Å². The van der Waals surface area contributed by atoms with Gasteiger partial charge in [-0.05, 0) is 61.5 Å². The molecule has 1 amide bonds. The van der Waals surface area contributed by atoms with Crippen LogP contribution in [0.4, 0.5) is 11.4 Å². The highest BCUT2D eigenvalue weighted by Gasteiger charge is 2.16. The zero-order valence-corrected chi connectivity index (χ0v) is 19.6. The molecule has 0 unspecified atom stereocenters. The minimum atomic E-state index is -3.78. The third-order valence-corrected chi connectivity index (χ3v) is 6.93. The molecule has 1 heterocycles. The monoisotopic (exact) mass is 482 g/mol. The minimum Gasteiger partial charge on any atom is -0.338 e. The Morgan fingerprint density at radius 3 is 2.40 bits per heavy atom. The second kappa shape index (κ2) is 9.08. The first-order valence-corrected chi connectivity index (χ1v) is 12.4. The highest BCUT2D eigenvalue weighted by atomic mass is 32.2. The van der Waals surface area contributed by atoms with Crippen molar-refractivity contribution < 1.29 is 13.2 Å². The topological polar surface area (TPSA) is 104 Å². The van der Waals surface area contributed by atoms with Crippen LogP contribution >= 0.6 is 0 Å². The molecule has 5 aromatic rings. The van der Waals surface area contributed by atoms with Gasteiger partial charge < -0.3 is 10.3 Å². The van der Waals surface area contributed by atoms with Crippen LogP contribution in [0.2, 0.25) is 0 Å². The Balaban J connectivity index is 1.39. The highest BCUT2D eigenvalue weighted by Crippen LogP contribution is 2.28. The summed E-state index contributed by atoms with van der Waals surface area (Å²) in [7, 11) is -3.78. The number of aromatic nitrogens is 2. The lowest BCUT2D eigenvalue weighted by Crippen LogP contribution is -2.15. The number of hydrogen-bond acceptors (Lipinski definition) is 4. The first kappa shape index (κ1) is 22.4. The fourth-order valence-corrected chi connectivity index (χ4v) is 4.78. The molecule has 0 aliphatic rings. The maximum atomic E-state index is 13.1. The van der Waals surface area contributed by atoms with Crippen molar-refractivity contribution in [3.05, 3.63) is 108 Å². The van der Waals surface area contributed by atoms with Gasteiger partial charge in [0, 0.05) is 16.8 Å². The van der Waals surface area contributed by atoms with E-state index in [-0.39, 0.29) is 10.8 Å². The average molecular weight is 483 g/mol. The number of para-hydroxylation sites is 3. The maximum absolute atomic E-state index is 13.1. The SMILES string of the molecule is Cc1ccc(S(=O)(=O)Nc2cccc(C(=O)Nc3ccccc3-c3nc4ccccc4[nH]3)c2)cc1. The van der Waals surface area contributed by atoms with Gasteiger partial charge in [0.2, 0.25) is 0 Å². The number of aromatic amines is 1. The summed E-state index contributed by atoms with van der Waals surface area (Å²) in [6.45, 7) is 1.89. The van der Waals surface area contributed by atoms with E-state index in [4.69, 9.17) is 0 Å². The molecule has 0 aliphatic heterocycles. The van der Waals surface area contributed by atoms with Crippen LogP contribution in [0.3, 0.4) is 0 Å². The van der Waals surface area contributed by atoms with Crippen LogP contribution < -0.4 is 10.0 Å². The molecule has 35 heavy (non-hydrogen) atoms. The number of imidazole rings is 1. The minimum absolute atomic E-state index is 0.151. The quantitative estimate of drug-likeness (QED) is 0.293. The number of rotatable bonds is 6. The van der Waals surface area contributed by atoms with Crippen molar-refractivity contribution >= 4 is 38.3 Å². The molecule has 0 aliphatic carbocycles. The third-order valence-electron chi connectivity index (χ3n) is 5.53. The summed E-state index contributed by atoms with van der Waals surface area (Å²) in [4.78, 5) is 21.1. The lowest BCUT2D eigenvalue weighted by molar-refractivity contribution is 0.102. The van der Waals surface area contributed by atoms with Crippen LogP contribution in [-0.4, -0.2) is 24.3 Å². The van der Waals surface area contributed by atoms with E-state index < -0.39 is 10.0 Å². The summed E-state index contributed by atoms with van der Waals surface area (Å²) in [5, 5.41) is 2.92. The largest absolute Gasteiger partial charge is 0.338 e. The van der Waals surface area contributed by atoms with Gasteiger partial charge in [-0.1, -0.05) is 48.0 Å². The summed E-state index contributed by atoms with van der Waals surface area (Å²) in [6, 6.07) is 28.0. The number of carbonyl (C=O) groups excluding carboxylic acids is 1. The number of benzene rings is 4. The molecular formula is C27H22N4O3S. The zero-order valence-electron chi connectivity index (χ0n) is 18.8. The number of carbonyl (C=O) groups is 1. The molecule has 5 rings (SSSR count). The van der Waals surface area contributed by atoms with E-state index >= 15 is 0 Å². The Morgan fingerprint density at radius 1 is 0.857 bits per heavy atom. The van der Waals surface area contributed by atoms with Crippen molar-refractivity contribution in [3.8, 4) is 11.4 Å². The number of hydrogen-bond donors (Lipinski definition) is 3. The van der Waals surface area contributed by atoms with Gasteiger partial charge in [0.05, 0.1) is 21.6 Å². The predicted octanol–water partition coefficient (Wildman–Crippen LogP) is 5.59. The lowest BCUT2D eigenvalue weighted by Gasteiger charge is -2.12. The normalized spacial score (nSPS) is 11.3. The molecule has 0 radical (unpaired) electrons. The van der Waals surface area contributed by atoms with Crippen LogP contribution in [0, 0.1) is 6.92 Å². The number of H-pyrrole nitrogens is 1. The molecule has 3 N–H and O–H groups in total. The number of anilines is 2. The van der Waals surface area contributed by atoms with E-state index in [2.05, 4.69) is 20.0 Å². The van der Waals surface area contributed by atoms with Crippen LogP contribution in [0.15, 0.2) is 102 Å². The summed E-state index contributed by atoms with van der Waals surface area (Å²) in [5.74, 6) is 0.270. The Morgan fingerprint density at radius 2 is 1.60 bits per heavy atom. The molecule has 0 bridgehead atoms. The van der Waals surface area contributed by atoms with Gasteiger partial charge in [0.1, 0.15) is 5.82 Å². The number of nitrogens with one attached hydrogen (secondary N) is 3. The molecule has 8 heteroatoms. The predicted molar refractivity (Wildman–Crippen MR) is 138 cm³/mol. The molecular weight excluding hydrogens is 460 g/mol. The second-order valence-electron chi connectivity index (χ2n) is 8.10. The molecule has 4 aromatic carbocycles. The van der Waals surface area contributed by atoms with Gasteiger partial charge in [0.15, 0.2) is 0 Å². The van der Waals surface area contributed by atoms with Crippen molar-refractivity contribution in [2.75, 3.05) is 10.0 Å². The number of nitrogens with zero attached hydrogens (tertiary/aromatic N) is 1. The van der Waals surface area contributed by atoms with E-state index in [1.807, 2.05) is 49.4 Å². The van der Waals surface area contributed by atoms with Gasteiger partial charge >= 0.3 is 0 Å². The Hall–Kier alpha value is -4.43. The molecule has 174 valence electrons. The zero-order chi connectivity index (χ0) is 24.4. The van der Waals surface area contributed by atoms with Crippen molar-refractivity contribution in [2.24, 2.45) is 0 Å². The second-order valence-corrected chi connectivity index (χ2v) is 9.78. The van der Waals surface area contributed by atoms with Gasteiger partial charge in [-0.25, -0.2) is 13.4 Å². The lowest BCUT2D eigenvalue weighted by atomic mass is 10.1. The molecule has 0 fully saturated rings. The standard InChI is InChI=1S/C27H22N4O3S/c1-18-13-15-21(16-14-18)35(33,34)31-20-8-6-7-19(17-20)27(32)30-23-10-3-2-9-22(23)26-28-24-11-4-5-12-25(24)29-26/h2-17,31H,1H3,(H,28,29)(H,30,32). The van der Waals surface area contributed by atoms with E-state index in [0.717, 1.165) is 22.2 Å². The molecule has 0 atom stereocenters. The van der Waals surface area contributed by atoms with E-state index in [0.29, 0.717) is 22.8 Å². The van der Waals surface area contributed by atoms with Crippen LogP contribution in [-0.2, 0) is 10.0 Å². The molecule has 0 spiro atoms. The summed E-state index contributed by atoms with van der Waals surface area (Å²) >= 11 is 0. The highest BCUT2D eigenvalue weighted by molar-refractivity contribution is 7.92. The molecule has 1 aromatic heterocycles. The smallest absolute Gasteiger partial charge is 0.261 e. The first-order chi connectivity index (χ1) is 16.9. The summed E-state index contributed by atoms with van der Waals surface area (Å²) in [5.41, 5.74) is 4.63. The molecule has 7 nitrogen and oxygen atoms in total. The van der Waals surface area contributed by atoms with Crippen molar-refractivity contribution in [1.29, 1.82) is 0 Å². The van der Waals surface area contributed by atoms with Gasteiger partial charge in [-0.15, -0.1) is 0 Å². The van der Waals surface area contributed by atoms with Crippen LogP contribution in [0.25, 0.3) is 22.4 Å². The van der Waals surface area contributed by atoms with Crippen LogP contribution in [0.1, 0.15) is 15.9 Å². The summed E-state index contributed by atoms with van der Waals surface area (Å²) in [6.07, 6.45) is 0. The van der Waals surface area contributed by atoms with E-state index in [1.54, 1.807) is 48.5 Å². The van der Waals surface area contributed by atoms with Crippen LogP contribution in [0.5, 0.6) is 0 Å². The maximum Gasteiger partial charge on any atom is 0.261 e. The van der Waals surface area contributed by atoms with Crippen molar-refractivity contribution in [3.63, 3.8) is 0 Å². The van der Waals surface area contributed by atoms with Gasteiger partial charge in [-0.2, -0.15) is 0 Å². The fraction of sp³-hybridized carbons (Fsp3) is 0.0370. The molecule has 0 saturated carbocycles. The number of sulfonamides is 1. The number of aryl methyl sites for hydroxylation is 1. The first-order valence-electron chi connectivity index (χ1n) is 10.9. The van der Waals surface area contributed by atoms with Gasteiger partial charge in [0.25, 0.3) is 15.9 Å². The third kappa shape index (κ3) is 4.78. The average Bonchev–Trinajstić information content (AvgIpc) is 3.29. The van der Waals surface area contributed by atoms with Crippen molar-refractivity contribution in [2.45, 2.75) is 11.8 Å². The number of amides is 1. The fourth-order valence-electron chi connectivity index (χ4n) is 3.73. The number of fused-ring (bicyclic) bond motifs is 1. The Kier molecular flexibility index (Phi) is 5.80. The Labute approximate surface area is 202 Å². The summed E-state index contributed by atoms with van der Waals surface area (Å²) < 4.78 is 28.0.